The number of piperazine rings is 1. The molecule has 13 nitrogen and oxygen atoms in total. The zero-order valence-electron chi connectivity index (χ0n) is 21.1. The van der Waals surface area contributed by atoms with Gasteiger partial charge in [0.15, 0.2) is 0 Å². The van der Waals surface area contributed by atoms with E-state index in [0.717, 1.165) is 0 Å². The number of aromatic nitrogens is 4. The lowest BCUT2D eigenvalue weighted by Crippen LogP contribution is -2.51. The molecule has 2 saturated heterocycles. The van der Waals surface area contributed by atoms with Crippen molar-refractivity contribution < 1.29 is 24.2 Å². The average Bonchev–Trinajstić information content (AvgIpc) is 3.42. The van der Waals surface area contributed by atoms with Crippen LogP contribution in [0.15, 0.2) is 4.79 Å². The van der Waals surface area contributed by atoms with Gasteiger partial charge in [0.25, 0.3) is 5.56 Å². The lowest BCUT2D eigenvalue weighted by atomic mass is 10.0. The molecule has 196 valence electrons. The standard InChI is InChI=1S/C23H33N7O6/c1-14-13-15(19(32)33)29-16(14)17(26-5-7-28(8-6-26)22(34)36-23(2,3)4)18(31)30-21(29)24-20(25-30)27-9-11-35-12-10-27/h14-15H,5-13H2,1-4H3,(H,32,33). The van der Waals surface area contributed by atoms with Gasteiger partial charge in [-0.25, -0.2) is 9.59 Å². The number of ether oxygens (including phenoxy) is 2. The highest BCUT2D eigenvalue weighted by Gasteiger charge is 2.40. The molecule has 13 heteroatoms. The smallest absolute Gasteiger partial charge is 0.410 e. The van der Waals surface area contributed by atoms with Gasteiger partial charge >= 0.3 is 12.1 Å². The Morgan fingerprint density at radius 3 is 2.33 bits per heavy atom. The van der Waals surface area contributed by atoms with Gasteiger partial charge in [0.2, 0.25) is 11.7 Å². The zero-order valence-corrected chi connectivity index (χ0v) is 21.1. The molecule has 0 aliphatic carbocycles. The van der Waals surface area contributed by atoms with Gasteiger partial charge in [0, 0.05) is 45.2 Å². The summed E-state index contributed by atoms with van der Waals surface area (Å²) >= 11 is 0. The predicted molar refractivity (Wildman–Crippen MR) is 130 cm³/mol. The Labute approximate surface area is 208 Å². The summed E-state index contributed by atoms with van der Waals surface area (Å²) in [6.07, 6.45) is -0.0238. The van der Waals surface area contributed by atoms with Crippen molar-refractivity contribution in [1.82, 2.24) is 24.1 Å². The Kier molecular flexibility index (Phi) is 6.05. The minimum Gasteiger partial charge on any atom is -0.480 e. The lowest BCUT2D eigenvalue weighted by molar-refractivity contribution is -0.140. The highest BCUT2D eigenvalue weighted by Crippen LogP contribution is 2.41. The minimum atomic E-state index is -0.970. The van der Waals surface area contributed by atoms with E-state index in [-0.39, 0.29) is 23.3 Å². The first-order chi connectivity index (χ1) is 17.0. The summed E-state index contributed by atoms with van der Waals surface area (Å²) in [6.45, 7) is 11.3. The van der Waals surface area contributed by atoms with E-state index in [4.69, 9.17) is 9.47 Å². The third-order valence-electron chi connectivity index (χ3n) is 6.87. The third kappa shape index (κ3) is 4.25. The number of carboxylic acid groups (broad SMARTS) is 1. The van der Waals surface area contributed by atoms with Gasteiger partial charge in [-0.1, -0.05) is 6.92 Å². The molecule has 2 aromatic rings. The van der Waals surface area contributed by atoms with Gasteiger partial charge in [0.05, 0.1) is 18.9 Å². The van der Waals surface area contributed by atoms with Crippen molar-refractivity contribution >= 4 is 29.5 Å². The Bertz CT molecular complexity index is 1230. The van der Waals surface area contributed by atoms with Crippen molar-refractivity contribution in [2.75, 3.05) is 62.3 Å². The van der Waals surface area contributed by atoms with E-state index in [9.17, 15) is 19.5 Å². The number of carbonyl (C=O) groups excluding carboxylic acids is 1. The van der Waals surface area contributed by atoms with E-state index in [1.165, 1.54) is 4.52 Å². The maximum Gasteiger partial charge on any atom is 0.410 e. The van der Waals surface area contributed by atoms with Gasteiger partial charge in [-0.05, 0) is 27.2 Å². The monoisotopic (exact) mass is 503 g/mol. The Morgan fingerprint density at radius 2 is 1.72 bits per heavy atom. The molecule has 0 spiro atoms. The highest BCUT2D eigenvalue weighted by molar-refractivity contribution is 5.75. The number of carbonyl (C=O) groups is 2. The molecule has 0 saturated carbocycles. The number of hydrogen-bond acceptors (Lipinski definition) is 9. The van der Waals surface area contributed by atoms with Crippen LogP contribution in [-0.2, 0) is 14.3 Å². The molecule has 2 unspecified atom stereocenters. The molecule has 2 atom stereocenters. The number of anilines is 2. The predicted octanol–water partition coefficient (Wildman–Crippen LogP) is 0.918. The molecule has 1 amide bonds. The van der Waals surface area contributed by atoms with Gasteiger partial charge in [-0.15, -0.1) is 5.10 Å². The number of carboxylic acids is 1. The van der Waals surface area contributed by atoms with E-state index in [0.29, 0.717) is 76.2 Å². The van der Waals surface area contributed by atoms with Crippen LogP contribution in [0.5, 0.6) is 0 Å². The summed E-state index contributed by atoms with van der Waals surface area (Å²) in [5, 5.41) is 14.5. The Balaban J connectivity index is 1.54. The molecule has 5 heterocycles. The number of aliphatic carboxylic acids is 1. The molecule has 0 radical (unpaired) electrons. The lowest BCUT2D eigenvalue weighted by Gasteiger charge is -2.37. The number of amides is 1. The van der Waals surface area contributed by atoms with Gasteiger partial charge in [-0.3, -0.25) is 9.36 Å². The zero-order chi connectivity index (χ0) is 25.8. The van der Waals surface area contributed by atoms with Crippen LogP contribution in [0.4, 0.5) is 16.4 Å². The second-order valence-electron chi connectivity index (χ2n) is 10.6. The van der Waals surface area contributed by atoms with Crippen molar-refractivity contribution in [3.8, 4) is 0 Å². The SMILES string of the molecule is CC1CC(C(=O)O)n2c1c(N1CCN(C(=O)OC(C)(C)C)CC1)c(=O)n1nc(N3CCOCC3)nc21. The number of morpholine rings is 1. The summed E-state index contributed by atoms with van der Waals surface area (Å²) in [4.78, 5) is 48.7. The van der Waals surface area contributed by atoms with Crippen LogP contribution in [0.25, 0.3) is 5.78 Å². The number of hydrogen-bond donors (Lipinski definition) is 1. The fourth-order valence-electron chi connectivity index (χ4n) is 5.19. The molecular formula is C23H33N7O6. The van der Waals surface area contributed by atoms with E-state index < -0.39 is 17.6 Å². The average molecular weight is 504 g/mol. The molecule has 2 aromatic heterocycles. The van der Waals surface area contributed by atoms with Gasteiger partial charge in [-0.2, -0.15) is 9.50 Å². The summed E-state index contributed by atoms with van der Waals surface area (Å²) in [5.74, 6) is -0.501. The van der Waals surface area contributed by atoms with E-state index in [2.05, 4.69) is 10.1 Å². The van der Waals surface area contributed by atoms with Crippen LogP contribution in [0, 0.1) is 0 Å². The fourth-order valence-corrected chi connectivity index (χ4v) is 5.19. The second-order valence-corrected chi connectivity index (χ2v) is 10.6. The molecular weight excluding hydrogens is 470 g/mol. The topological polar surface area (TPSA) is 135 Å². The summed E-state index contributed by atoms with van der Waals surface area (Å²) in [5.41, 5.74) is 0.172. The molecule has 2 fully saturated rings. The van der Waals surface area contributed by atoms with Crippen LogP contribution in [-0.4, -0.2) is 99.3 Å². The number of rotatable bonds is 3. The third-order valence-corrected chi connectivity index (χ3v) is 6.87. The van der Waals surface area contributed by atoms with Crippen LogP contribution in [0.2, 0.25) is 0 Å². The van der Waals surface area contributed by atoms with Crippen molar-refractivity contribution in [3.05, 3.63) is 16.0 Å². The Morgan fingerprint density at radius 1 is 1.06 bits per heavy atom. The van der Waals surface area contributed by atoms with Crippen LogP contribution in [0.3, 0.4) is 0 Å². The quantitative estimate of drug-likeness (QED) is 0.644. The first-order valence-corrected chi connectivity index (χ1v) is 12.4. The summed E-state index contributed by atoms with van der Waals surface area (Å²) < 4.78 is 13.8. The van der Waals surface area contributed by atoms with Gasteiger partial charge < -0.3 is 29.3 Å². The highest BCUT2D eigenvalue weighted by atomic mass is 16.6. The van der Waals surface area contributed by atoms with Crippen LogP contribution < -0.4 is 15.4 Å². The molecule has 3 aliphatic heterocycles. The molecule has 3 aliphatic rings. The second kappa shape index (κ2) is 8.95. The molecule has 0 bridgehead atoms. The van der Waals surface area contributed by atoms with Crippen molar-refractivity contribution in [2.45, 2.75) is 51.7 Å². The Hall–Kier alpha value is -3.35. The molecule has 1 N–H and O–H groups in total. The first kappa shape index (κ1) is 24.3. The first-order valence-electron chi connectivity index (χ1n) is 12.4. The van der Waals surface area contributed by atoms with E-state index >= 15 is 0 Å². The van der Waals surface area contributed by atoms with Crippen LogP contribution in [0.1, 0.15) is 51.8 Å². The molecule has 5 rings (SSSR count). The molecule has 36 heavy (non-hydrogen) atoms. The fraction of sp³-hybridized carbons (Fsp3) is 0.696. The summed E-state index contributed by atoms with van der Waals surface area (Å²) in [6, 6.07) is -0.846. The molecule has 0 aromatic carbocycles. The minimum absolute atomic E-state index is 0.161. The maximum atomic E-state index is 13.8. The van der Waals surface area contributed by atoms with E-state index in [1.807, 2.05) is 37.5 Å². The summed E-state index contributed by atoms with van der Waals surface area (Å²) in [7, 11) is 0. The number of nitrogens with zero attached hydrogens (tertiary/aromatic N) is 7. The maximum absolute atomic E-state index is 13.8. The van der Waals surface area contributed by atoms with Gasteiger partial charge in [0.1, 0.15) is 17.3 Å². The van der Waals surface area contributed by atoms with Crippen molar-refractivity contribution in [2.24, 2.45) is 0 Å². The number of fused-ring (bicyclic) bond motifs is 3. The van der Waals surface area contributed by atoms with Crippen LogP contribution >= 0.6 is 0 Å². The van der Waals surface area contributed by atoms with Crippen molar-refractivity contribution in [1.29, 1.82) is 0 Å². The largest absolute Gasteiger partial charge is 0.480 e. The van der Waals surface area contributed by atoms with Crippen molar-refractivity contribution in [3.63, 3.8) is 0 Å². The van der Waals surface area contributed by atoms with E-state index in [1.54, 1.807) is 9.47 Å². The normalized spacial score (nSPS) is 22.7.